The minimum absolute atomic E-state index is 0.0804. The third-order valence-corrected chi connectivity index (χ3v) is 5.94. The van der Waals surface area contributed by atoms with Gasteiger partial charge in [-0.15, -0.1) is 0 Å². The largest absolute Gasteiger partial charge is 0.483 e. The van der Waals surface area contributed by atoms with Crippen LogP contribution in [0, 0.1) is 0 Å². The van der Waals surface area contributed by atoms with Gasteiger partial charge in [-0.2, -0.15) is 0 Å². The van der Waals surface area contributed by atoms with E-state index in [1.54, 1.807) is 18.2 Å². The predicted octanol–water partition coefficient (Wildman–Crippen LogP) is 2.17. The maximum absolute atomic E-state index is 12.2. The van der Waals surface area contributed by atoms with Crippen LogP contribution in [0.5, 0.6) is 5.75 Å². The number of sulfone groups is 1. The molecule has 0 atom stereocenters. The van der Waals surface area contributed by atoms with Crippen LogP contribution in [0.15, 0.2) is 23.1 Å². The third kappa shape index (κ3) is 3.32. The van der Waals surface area contributed by atoms with E-state index < -0.39 is 9.84 Å². The molecular weight excluding hydrogens is 288 g/mol. The van der Waals surface area contributed by atoms with E-state index >= 15 is 0 Å². The molecule has 118 valence electrons. The number of nitrogens with one attached hydrogen (secondary N) is 1. The van der Waals surface area contributed by atoms with Crippen molar-refractivity contribution in [2.45, 2.75) is 43.6 Å². The Morgan fingerprint density at radius 1 is 1.33 bits per heavy atom. The van der Waals surface area contributed by atoms with E-state index in [-0.39, 0.29) is 11.4 Å². The number of nitrogens with two attached hydrogens (primary N) is 1. The first-order valence-electron chi connectivity index (χ1n) is 7.46. The van der Waals surface area contributed by atoms with Crippen LogP contribution in [-0.2, 0) is 9.84 Å². The average Bonchev–Trinajstić information content (AvgIpc) is 2.51. The lowest BCUT2D eigenvalue weighted by Crippen LogP contribution is -2.44. The van der Waals surface area contributed by atoms with Crippen molar-refractivity contribution in [2.75, 3.05) is 24.2 Å². The predicted molar refractivity (Wildman–Crippen MR) is 84.6 cm³/mol. The highest BCUT2D eigenvalue weighted by molar-refractivity contribution is 7.91. The lowest BCUT2D eigenvalue weighted by molar-refractivity contribution is 0.0670. The fraction of sp³-hybridized carbons (Fsp3) is 0.600. The summed E-state index contributed by atoms with van der Waals surface area (Å²) in [6.07, 6.45) is 2.29. The molecule has 0 radical (unpaired) electrons. The van der Waals surface area contributed by atoms with Crippen LogP contribution in [0.2, 0.25) is 0 Å². The fourth-order valence-electron chi connectivity index (χ4n) is 2.49. The van der Waals surface area contributed by atoms with Gasteiger partial charge in [-0.1, -0.05) is 13.8 Å². The monoisotopic (exact) mass is 312 g/mol. The van der Waals surface area contributed by atoms with E-state index in [0.29, 0.717) is 24.4 Å². The zero-order valence-electron chi connectivity index (χ0n) is 12.7. The standard InChI is InChI=1S/C15H24N2O3S/c1-3-15(4-2)11-17-13-10-12(6-7-14(13)20-15)21(18,19)9-5-8-16/h6-7,10,17H,3-5,8-9,11,16H2,1-2H3. The van der Waals surface area contributed by atoms with E-state index in [2.05, 4.69) is 19.2 Å². The smallest absolute Gasteiger partial charge is 0.178 e. The first kappa shape index (κ1) is 16.1. The zero-order valence-corrected chi connectivity index (χ0v) is 13.5. The molecule has 1 aliphatic rings. The summed E-state index contributed by atoms with van der Waals surface area (Å²) in [5.74, 6) is 0.805. The summed E-state index contributed by atoms with van der Waals surface area (Å²) in [5, 5.41) is 3.31. The molecule has 0 saturated carbocycles. The number of hydrogen-bond donors (Lipinski definition) is 2. The van der Waals surface area contributed by atoms with Gasteiger partial charge in [0.25, 0.3) is 0 Å². The van der Waals surface area contributed by atoms with Crippen LogP contribution in [0.3, 0.4) is 0 Å². The molecule has 0 aliphatic carbocycles. The molecule has 0 amide bonds. The normalized spacial score (nSPS) is 16.7. The Morgan fingerprint density at radius 2 is 2.05 bits per heavy atom. The summed E-state index contributed by atoms with van der Waals surface area (Å²) in [6.45, 7) is 5.27. The second-order valence-corrected chi connectivity index (χ2v) is 7.57. The second-order valence-electron chi connectivity index (χ2n) is 5.46. The SMILES string of the molecule is CCC1(CC)CNc2cc(S(=O)(=O)CCCN)ccc2O1. The summed E-state index contributed by atoms with van der Waals surface area (Å²) in [4.78, 5) is 0.325. The van der Waals surface area contributed by atoms with Gasteiger partial charge in [0.1, 0.15) is 11.4 Å². The number of hydrogen-bond acceptors (Lipinski definition) is 5. The molecule has 0 fully saturated rings. The maximum Gasteiger partial charge on any atom is 0.178 e. The minimum atomic E-state index is -3.27. The van der Waals surface area contributed by atoms with Crippen molar-refractivity contribution in [3.05, 3.63) is 18.2 Å². The summed E-state index contributed by atoms with van der Waals surface area (Å²) in [6, 6.07) is 5.03. The molecule has 0 unspecified atom stereocenters. The maximum atomic E-state index is 12.2. The van der Waals surface area contributed by atoms with Crippen LogP contribution in [0.1, 0.15) is 33.1 Å². The molecule has 6 heteroatoms. The Morgan fingerprint density at radius 3 is 2.67 bits per heavy atom. The Bertz CT molecular complexity index is 595. The number of benzene rings is 1. The summed E-state index contributed by atoms with van der Waals surface area (Å²) >= 11 is 0. The molecule has 0 saturated heterocycles. The van der Waals surface area contributed by atoms with Gasteiger partial charge in [0.05, 0.1) is 22.9 Å². The lowest BCUT2D eigenvalue weighted by atomic mass is 9.95. The van der Waals surface area contributed by atoms with Gasteiger partial charge in [-0.3, -0.25) is 0 Å². The first-order valence-corrected chi connectivity index (χ1v) is 9.11. The number of fused-ring (bicyclic) bond motifs is 1. The van der Waals surface area contributed by atoms with E-state index in [1.807, 2.05) is 0 Å². The minimum Gasteiger partial charge on any atom is -0.483 e. The van der Waals surface area contributed by atoms with Gasteiger partial charge < -0.3 is 15.8 Å². The molecule has 0 spiro atoms. The highest BCUT2D eigenvalue weighted by Gasteiger charge is 2.33. The Kier molecular flexibility index (Phi) is 4.78. The number of rotatable bonds is 6. The van der Waals surface area contributed by atoms with Crippen LogP contribution in [0.25, 0.3) is 0 Å². The van der Waals surface area contributed by atoms with E-state index in [4.69, 9.17) is 10.5 Å². The summed E-state index contributed by atoms with van der Waals surface area (Å²) in [5.41, 5.74) is 5.94. The molecule has 1 aromatic rings. The van der Waals surface area contributed by atoms with E-state index in [9.17, 15) is 8.42 Å². The summed E-state index contributed by atoms with van der Waals surface area (Å²) in [7, 11) is -3.27. The van der Waals surface area contributed by atoms with Crippen molar-refractivity contribution < 1.29 is 13.2 Å². The zero-order chi connectivity index (χ0) is 15.5. The molecule has 1 heterocycles. The Balaban J connectivity index is 2.26. The molecule has 21 heavy (non-hydrogen) atoms. The van der Waals surface area contributed by atoms with Crippen molar-refractivity contribution in [2.24, 2.45) is 5.73 Å². The molecule has 0 bridgehead atoms. The highest BCUT2D eigenvalue weighted by atomic mass is 32.2. The topological polar surface area (TPSA) is 81.4 Å². The van der Waals surface area contributed by atoms with Crippen LogP contribution < -0.4 is 15.8 Å². The van der Waals surface area contributed by atoms with Gasteiger partial charge in [-0.25, -0.2) is 8.42 Å². The molecule has 5 nitrogen and oxygen atoms in total. The second kappa shape index (κ2) is 6.23. The van der Waals surface area contributed by atoms with Crippen LogP contribution in [0.4, 0.5) is 5.69 Å². The van der Waals surface area contributed by atoms with Crippen molar-refractivity contribution in [3.63, 3.8) is 0 Å². The number of anilines is 1. The molecule has 1 aliphatic heterocycles. The van der Waals surface area contributed by atoms with Gasteiger partial charge in [0.15, 0.2) is 9.84 Å². The van der Waals surface area contributed by atoms with Crippen LogP contribution >= 0.6 is 0 Å². The van der Waals surface area contributed by atoms with Gasteiger partial charge in [0, 0.05) is 0 Å². The Hall–Kier alpha value is -1.27. The van der Waals surface area contributed by atoms with Crippen molar-refractivity contribution >= 4 is 15.5 Å². The summed E-state index contributed by atoms with van der Waals surface area (Å²) < 4.78 is 30.5. The van der Waals surface area contributed by atoms with Gasteiger partial charge >= 0.3 is 0 Å². The average molecular weight is 312 g/mol. The first-order chi connectivity index (χ1) is 9.96. The molecule has 3 N–H and O–H groups in total. The lowest BCUT2D eigenvalue weighted by Gasteiger charge is -2.38. The molecule has 2 rings (SSSR count). The Labute approximate surface area is 126 Å². The molecule has 1 aromatic carbocycles. The van der Waals surface area contributed by atoms with Gasteiger partial charge in [-0.05, 0) is 44.0 Å². The van der Waals surface area contributed by atoms with E-state index in [0.717, 1.165) is 24.3 Å². The third-order valence-electron chi connectivity index (χ3n) is 4.14. The fourth-order valence-corrected chi connectivity index (χ4v) is 3.85. The van der Waals surface area contributed by atoms with Crippen molar-refractivity contribution in [1.29, 1.82) is 0 Å². The molecule has 0 aromatic heterocycles. The van der Waals surface area contributed by atoms with Crippen LogP contribution in [-0.4, -0.2) is 32.9 Å². The van der Waals surface area contributed by atoms with E-state index in [1.165, 1.54) is 0 Å². The quantitative estimate of drug-likeness (QED) is 0.841. The number of ether oxygens (including phenoxy) is 1. The van der Waals surface area contributed by atoms with Gasteiger partial charge in [0.2, 0.25) is 0 Å². The van der Waals surface area contributed by atoms with Crippen molar-refractivity contribution in [3.8, 4) is 5.75 Å². The molecular formula is C15H24N2O3S. The van der Waals surface area contributed by atoms with Crippen molar-refractivity contribution in [1.82, 2.24) is 0 Å². The highest BCUT2D eigenvalue weighted by Crippen LogP contribution is 2.37.